The molecule has 1 heterocycles. The van der Waals surface area contributed by atoms with Gasteiger partial charge in [-0.2, -0.15) is 0 Å². The topological polar surface area (TPSA) is 64.2 Å². The number of benzene rings is 1. The van der Waals surface area contributed by atoms with Crippen molar-refractivity contribution in [3.05, 3.63) is 22.4 Å². The SMILES string of the molecule is CN(C)C(=O)Cn1c(N)nc2cc(F)c(Br)cc21. The lowest BCUT2D eigenvalue weighted by atomic mass is 10.3. The van der Waals surface area contributed by atoms with Crippen LogP contribution in [-0.4, -0.2) is 34.5 Å². The molecule has 0 atom stereocenters. The Hall–Kier alpha value is -1.63. The van der Waals surface area contributed by atoms with Crippen LogP contribution < -0.4 is 5.73 Å². The maximum atomic E-state index is 13.4. The molecule has 18 heavy (non-hydrogen) atoms. The van der Waals surface area contributed by atoms with Gasteiger partial charge in [0.15, 0.2) is 0 Å². The number of nitrogens with two attached hydrogens (primary N) is 1. The summed E-state index contributed by atoms with van der Waals surface area (Å²) in [6, 6.07) is 2.85. The van der Waals surface area contributed by atoms with E-state index >= 15 is 0 Å². The maximum absolute atomic E-state index is 13.4. The normalized spacial score (nSPS) is 10.9. The Morgan fingerprint density at radius 3 is 2.83 bits per heavy atom. The number of carbonyl (C=O) groups is 1. The Morgan fingerprint density at radius 1 is 1.56 bits per heavy atom. The fraction of sp³-hybridized carbons (Fsp3) is 0.273. The van der Waals surface area contributed by atoms with Crippen molar-refractivity contribution in [1.29, 1.82) is 0 Å². The highest BCUT2D eigenvalue weighted by atomic mass is 79.9. The van der Waals surface area contributed by atoms with E-state index in [1.165, 1.54) is 11.0 Å². The van der Waals surface area contributed by atoms with Crippen molar-refractivity contribution in [2.45, 2.75) is 6.54 Å². The number of fused-ring (bicyclic) bond motifs is 1. The number of hydrogen-bond acceptors (Lipinski definition) is 3. The molecule has 0 spiro atoms. The lowest BCUT2D eigenvalue weighted by molar-refractivity contribution is -0.129. The van der Waals surface area contributed by atoms with E-state index in [-0.39, 0.29) is 18.4 Å². The zero-order chi connectivity index (χ0) is 13.4. The predicted molar refractivity (Wildman–Crippen MR) is 70.5 cm³/mol. The first kappa shape index (κ1) is 12.8. The van der Waals surface area contributed by atoms with Gasteiger partial charge in [0.25, 0.3) is 0 Å². The van der Waals surface area contributed by atoms with E-state index in [1.54, 1.807) is 24.7 Å². The Balaban J connectivity index is 2.53. The summed E-state index contributed by atoms with van der Waals surface area (Å²) < 4.78 is 15.2. The molecule has 2 rings (SSSR count). The summed E-state index contributed by atoms with van der Waals surface area (Å²) >= 11 is 3.10. The van der Waals surface area contributed by atoms with Gasteiger partial charge in [-0.1, -0.05) is 0 Å². The van der Waals surface area contributed by atoms with E-state index < -0.39 is 5.82 Å². The Bertz CT molecular complexity index is 623. The molecular formula is C11H12BrFN4O. The van der Waals surface area contributed by atoms with Crippen LogP contribution in [0, 0.1) is 5.82 Å². The molecule has 0 unspecified atom stereocenters. The Kier molecular flexibility index (Phi) is 3.25. The number of imidazole rings is 1. The van der Waals surface area contributed by atoms with Crippen LogP contribution in [0.1, 0.15) is 0 Å². The monoisotopic (exact) mass is 314 g/mol. The third-order valence-corrected chi connectivity index (χ3v) is 3.22. The fourth-order valence-corrected chi connectivity index (χ4v) is 1.91. The second-order valence-corrected chi connectivity index (χ2v) is 4.95. The van der Waals surface area contributed by atoms with Gasteiger partial charge in [-0.05, 0) is 22.0 Å². The van der Waals surface area contributed by atoms with Crippen LogP contribution in [-0.2, 0) is 11.3 Å². The van der Waals surface area contributed by atoms with Crippen LogP contribution in [0.15, 0.2) is 16.6 Å². The standard InChI is InChI=1S/C11H12BrFN4O/c1-16(2)10(18)5-17-9-3-6(12)7(13)4-8(9)15-11(17)14/h3-4H,5H2,1-2H3,(H2,14,15). The highest BCUT2D eigenvalue weighted by molar-refractivity contribution is 9.10. The van der Waals surface area contributed by atoms with Gasteiger partial charge < -0.3 is 15.2 Å². The zero-order valence-electron chi connectivity index (χ0n) is 9.94. The summed E-state index contributed by atoms with van der Waals surface area (Å²) in [6.07, 6.45) is 0. The van der Waals surface area contributed by atoms with Crippen LogP contribution in [0.3, 0.4) is 0 Å². The van der Waals surface area contributed by atoms with Crippen molar-refractivity contribution in [2.24, 2.45) is 0 Å². The van der Waals surface area contributed by atoms with Gasteiger partial charge in [0.1, 0.15) is 12.4 Å². The quantitative estimate of drug-likeness (QED) is 0.916. The molecule has 0 aliphatic heterocycles. The number of aromatic nitrogens is 2. The number of amides is 1. The number of likely N-dealkylation sites (N-methyl/N-ethyl adjacent to an activating group) is 1. The summed E-state index contributed by atoms with van der Waals surface area (Å²) in [7, 11) is 3.32. The Labute approximate surface area is 112 Å². The van der Waals surface area contributed by atoms with E-state index in [0.717, 1.165) is 0 Å². The van der Waals surface area contributed by atoms with Gasteiger partial charge >= 0.3 is 0 Å². The minimum Gasteiger partial charge on any atom is -0.369 e. The van der Waals surface area contributed by atoms with Gasteiger partial charge in [-0.3, -0.25) is 4.79 Å². The average molecular weight is 315 g/mol. The van der Waals surface area contributed by atoms with Crippen molar-refractivity contribution in [3.8, 4) is 0 Å². The number of nitrogens with zero attached hydrogens (tertiary/aromatic N) is 3. The second-order valence-electron chi connectivity index (χ2n) is 4.10. The van der Waals surface area contributed by atoms with Gasteiger partial charge in [-0.25, -0.2) is 9.37 Å². The molecule has 0 radical (unpaired) electrons. The lowest BCUT2D eigenvalue weighted by Gasteiger charge is -2.12. The maximum Gasteiger partial charge on any atom is 0.242 e. The first-order valence-corrected chi connectivity index (χ1v) is 6.00. The summed E-state index contributed by atoms with van der Waals surface area (Å²) in [5, 5.41) is 0. The molecule has 2 N–H and O–H groups in total. The largest absolute Gasteiger partial charge is 0.369 e. The molecule has 2 aromatic rings. The lowest BCUT2D eigenvalue weighted by Crippen LogP contribution is -2.26. The van der Waals surface area contributed by atoms with Crippen molar-refractivity contribution in [1.82, 2.24) is 14.5 Å². The molecule has 0 fully saturated rings. The second kappa shape index (κ2) is 4.56. The van der Waals surface area contributed by atoms with E-state index in [1.807, 2.05) is 0 Å². The number of hydrogen-bond donors (Lipinski definition) is 1. The van der Waals surface area contributed by atoms with Gasteiger partial charge in [-0.15, -0.1) is 0 Å². The summed E-state index contributed by atoms with van der Waals surface area (Å²) in [5.74, 6) is -0.328. The third kappa shape index (κ3) is 2.17. The zero-order valence-corrected chi connectivity index (χ0v) is 11.5. The van der Waals surface area contributed by atoms with Crippen LogP contribution >= 0.6 is 15.9 Å². The highest BCUT2D eigenvalue weighted by Gasteiger charge is 2.14. The number of halogens is 2. The van der Waals surface area contributed by atoms with Crippen molar-refractivity contribution in [3.63, 3.8) is 0 Å². The highest BCUT2D eigenvalue weighted by Crippen LogP contribution is 2.25. The van der Waals surface area contributed by atoms with Crippen LogP contribution in [0.5, 0.6) is 0 Å². The molecule has 0 saturated carbocycles. The van der Waals surface area contributed by atoms with Gasteiger partial charge in [0.2, 0.25) is 11.9 Å². The van der Waals surface area contributed by atoms with Gasteiger partial charge in [0, 0.05) is 20.2 Å². The molecule has 96 valence electrons. The van der Waals surface area contributed by atoms with Crippen LogP contribution in [0.4, 0.5) is 10.3 Å². The molecular weight excluding hydrogens is 303 g/mol. The molecule has 0 aliphatic rings. The number of anilines is 1. The third-order valence-electron chi connectivity index (χ3n) is 2.61. The molecule has 1 aromatic heterocycles. The van der Waals surface area contributed by atoms with Crippen LogP contribution in [0.2, 0.25) is 0 Å². The van der Waals surface area contributed by atoms with Gasteiger partial charge in [0.05, 0.1) is 15.5 Å². The van der Waals surface area contributed by atoms with Crippen molar-refractivity contribution < 1.29 is 9.18 Å². The minimum atomic E-state index is -0.411. The number of nitrogen functional groups attached to an aromatic ring is 1. The molecule has 0 aliphatic carbocycles. The first-order valence-electron chi connectivity index (χ1n) is 5.21. The molecule has 0 saturated heterocycles. The summed E-state index contributed by atoms with van der Waals surface area (Å²) in [6.45, 7) is 0.0768. The van der Waals surface area contributed by atoms with Crippen molar-refractivity contribution >= 4 is 38.8 Å². The fourth-order valence-electron chi connectivity index (χ4n) is 1.58. The molecule has 0 bridgehead atoms. The molecule has 1 amide bonds. The summed E-state index contributed by atoms with van der Waals surface area (Å²) in [4.78, 5) is 17.2. The van der Waals surface area contributed by atoms with Crippen LogP contribution in [0.25, 0.3) is 11.0 Å². The molecule has 1 aromatic carbocycles. The molecule has 7 heteroatoms. The van der Waals surface area contributed by atoms with Crippen molar-refractivity contribution in [2.75, 3.05) is 19.8 Å². The van der Waals surface area contributed by atoms with E-state index in [0.29, 0.717) is 15.5 Å². The minimum absolute atomic E-state index is 0.0768. The van der Waals surface area contributed by atoms with E-state index in [4.69, 9.17) is 5.73 Å². The smallest absolute Gasteiger partial charge is 0.242 e. The predicted octanol–water partition coefficient (Wildman–Crippen LogP) is 1.61. The number of carbonyl (C=O) groups excluding carboxylic acids is 1. The molecule has 5 nitrogen and oxygen atoms in total. The summed E-state index contributed by atoms with van der Waals surface area (Å²) in [5.41, 5.74) is 6.80. The van der Waals surface area contributed by atoms with E-state index in [2.05, 4.69) is 20.9 Å². The first-order chi connectivity index (χ1) is 8.40. The Morgan fingerprint density at radius 2 is 2.22 bits per heavy atom. The van der Waals surface area contributed by atoms with E-state index in [9.17, 15) is 9.18 Å². The average Bonchev–Trinajstić information content (AvgIpc) is 2.56. The number of rotatable bonds is 2.